The fraction of sp³-hybridized carbons (Fsp3) is 0.806. The molecule has 0 heterocycles. The number of unbranched alkanes of at least 4 members (excludes halogenated alkanes) is 15. The molecule has 0 fully saturated rings. The van der Waals surface area contributed by atoms with Crippen LogP contribution in [0.1, 0.15) is 122 Å². The highest BCUT2D eigenvalue weighted by atomic mass is 79.9. The number of nitrogens with zero attached hydrogens (tertiary/aromatic N) is 2. The fourth-order valence-corrected chi connectivity index (χ4v) is 6.29. The zero-order chi connectivity index (χ0) is 26.5. The summed E-state index contributed by atoms with van der Waals surface area (Å²) >= 11 is 0. The van der Waals surface area contributed by atoms with Crippen LogP contribution in [0.3, 0.4) is 0 Å². The van der Waals surface area contributed by atoms with Crippen LogP contribution >= 0.6 is 17.0 Å². The number of quaternary nitrogens is 1. The van der Waals surface area contributed by atoms with Gasteiger partial charge in [-0.15, -0.1) is 17.0 Å². The first-order valence-electron chi connectivity index (χ1n) is 15.1. The summed E-state index contributed by atoms with van der Waals surface area (Å²) in [5.41, 5.74) is 1.33. The number of hydrogen-bond acceptors (Lipinski definition) is 2. The molecule has 0 bridgehead atoms. The topological polar surface area (TPSA) is 37.4 Å². The van der Waals surface area contributed by atoms with Crippen LogP contribution in [0, 0.1) is 0 Å². The summed E-state index contributed by atoms with van der Waals surface area (Å²) in [5.74, 6) is 0.296. The Labute approximate surface area is 242 Å². The summed E-state index contributed by atoms with van der Waals surface area (Å²) in [6, 6.07) is 10.5. The quantitative estimate of drug-likeness (QED) is 0.0874. The van der Waals surface area contributed by atoms with Gasteiger partial charge in [0, 0.05) is 25.6 Å². The predicted molar refractivity (Wildman–Crippen MR) is 168 cm³/mol. The van der Waals surface area contributed by atoms with E-state index in [1.807, 2.05) is 6.07 Å². The van der Waals surface area contributed by atoms with Crippen molar-refractivity contribution in [2.75, 3.05) is 40.0 Å². The SMILES string of the molecule is Br.CCCCCCCCCCCCCCCCCCS(=O)(=O)N(C)CCC[N+](C)(C)Cc1ccccc1. The Morgan fingerprint density at radius 2 is 1.11 bits per heavy atom. The third kappa shape index (κ3) is 20.2. The zero-order valence-corrected chi connectivity index (χ0v) is 27.3. The lowest BCUT2D eigenvalue weighted by Crippen LogP contribution is -2.41. The summed E-state index contributed by atoms with van der Waals surface area (Å²) in [4.78, 5) is 0. The molecule has 0 unspecified atom stereocenters. The zero-order valence-electron chi connectivity index (χ0n) is 24.8. The first-order valence-corrected chi connectivity index (χ1v) is 16.7. The maximum absolute atomic E-state index is 12.6. The Morgan fingerprint density at radius 3 is 1.57 bits per heavy atom. The maximum Gasteiger partial charge on any atom is 0.213 e. The van der Waals surface area contributed by atoms with Crippen LogP contribution in [0.2, 0.25) is 0 Å². The Balaban J connectivity index is 0.0000130. The van der Waals surface area contributed by atoms with Gasteiger partial charge in [0.1, 0.15) is 6.54 Å². The summed E-state index contributed by atoms with van der Waals surface area (Å²) in [6.45, 7) is 4.82. The van der Waals surface area contributed by atoms with Crippen LogP contribution < -0.4 is 0 Å². The van der Waals surface area contributed by atoms with E-state index in [1.54, 1.807) is 11.4 Å². The molecule has 0 aliphatic heterocycles. The minimum Gasteiger partial charge on any atom is -0.325 e. The van der Waals surface area contributed by atoms with Crippen LogP contribution in [0.15, 0.2) is 30.3 Å². The number of benzene rings is 1. The second-order valence-electron chi connectivity index (χ2n) is 11.6. The molecule has 0 spiro atoms. The van der Waals surface area contributed by atoms with Gasteiger partial charge >= 0.3 is 0 Å². The molecular formula is C31H60BrN2O2S+. The largest absolute Gasteiger partial charge is 0.325 e. The third-order valence-corrected chi connectivity index (χ3v) is 9.36. The summed E-state index contributed by atoms with van der Waals surface area (Å²) < 4.78 is 27.7. The van der Waals surface area contributed by atoms with Gasteiger partial charge in [-0.1, -0.05) is 134 Å². The van der Waals surface area contributed by atoms with Gasteiger partial charge < -0.3 is 4.48 Å². The summed E-state index contributed by atoms with van der Waals surface area (Å²) in [6.07, 6.45) is 21.8. The molecule has 6 heteroatoms. The van der Waals surface area contributed by atoms with E-state index in [0.29, 0.717) is 12.3 Å². The van der Waals surface area contributed by atoms with E-state index < -0.39 is 10.0 Å². The second kappa shape index (κ2) is 22.4. The van der Waals surface area contributed by atoms with E-state index in [-0.39, 0.29) is 17.0 Å². The average molecular weight is 605 g/mol. The number of rotatable bonds is 24. The molecule has 1 rings (SSSR count). The first-order chi connectivity index (χ1) is 17.3. The van der Waals surface area contributed by atoms with Gasteiger partial charge in [0.15, 0.2) is 0 Å². The standard InChI is InChI=1S/C31H59N2O2S.BrH/c1-5-6-7-8-9-10-11-12-13-14-15-16-17-18-19-23-29-36(34,35)32(2)27-24-28-33(3,4)30-31-25-21-20-22-26-31;/h20-22,25-26H,5-19,23-24,27-30H2,1-4H3;1H/q+1;. The molecule has 0 aliphatic rings. The highest BCUT2D eigenvalue weighted by Crippen LogP contribution is 2.15. The molecule has 0 aromatic heterocycles. The highest BCUT2D eigenvalue weighted by molar-refractivity contribution is 8.93. The highest BCUT2D eigenvalue weighted by Gasteiger charge is 2.20. The van der Waals surface area contributed by atoms with Crippen molar-refractivity contribution in [1.82, 2.24) is 4.31 Å². The number of hydrogen-bond donors (Lipinski definition) is 0. The Hall–Kier alpha value is -0.430. The van der Waals surface area contributed by atoms with Crippen LogP contribution in [0.5, 0.6) is 0 Å². The van der Waals surface area contributed by atoms with Crippen molar-refractivity contribution in [3.8, 4) is 0 Å². The van der Waals surface area contributed by atoms with Gasteiger partial charge in [-0.05, 0) is 6.42 Å². The number of halogens is 1. The van der Waals surface area contributed by atoms with Crippen molar-refractivity contribution >= 4 is 27.0 Å². The number of sulfonamides is 1. The average Bonchev–Trinajstić information content (AvgIpc) is 2.84. The van der Waals surface area contributed by atoms with Crippen molar-refractivity contribution in [2.24, 2.45) is 0 Å². The molecule has 0 saturated carbocycles. The van der Waals surface area contributed by atoms with Crippen molar-refractivity contribution in [1.29, 1.82) is 0 Å². The lowest BCUT2D eigenvalue weighted by atomic mass is 10.0. The van der Waals surface area contributed by atoms with Crippen molar-refractivity contribution in [2.45, 2.75) is 123 Å². The minimum atomic E-state index is -3.13. The molecule has 0 atom stereocenters. The van der Waals surface area contributed by atoms with Gasteiger partial charge in [-0.3, -0.25) is 0 Å². The van der Waals surface area contributed by atoms with E-state index in [9.17, 15) is 8.42 Å². The predicted octanol–water partition coefficient (Wildman–Crippen LogP) is 8.75. The van der Waals surface area contributed by atoms with Crippen molar-refractivity contribution in [3.05, 3.63) is 35.9 Å². The molecular weight excluding hydrogens is 544 g/mol. The van der Waals surface area contributed by atoms with Gasteiger partial charge in [-0.25, -0.2) is 12.7 Å². The third-order valence-electron chi connectivity index (χ3n) is 7.42. The Bertz CT molecular complexity index is 741. The van der Waals surface area contributed by atoms with Crippen LogP contribution in [-0.2, 0) is 16.6 Å². The van der Waals surface area contributed by atoms with Gasteiger partial charge in [0.25, 0.3) is 0 Å². The summed E-state index contributed by atoms with van der Waals surface area (Å²) in [5, 5.41) is 0. The molecule has 0 aliphatic carbocycles. The smallest absolute Gasteiger partial charge is 0.213 e. The van der Waals surface area contributed by atoms with E-state index >= 15 is 0 Å². The lowest BCUT2D eigenvalue weighted by Gasteiger charge is -2.30. The molecule has 0 amide bonds. The molecule has 0 N–H and O–H groups in total. The van der Waals surface area contributed by atoms with Crippen LogP contribution in [0.4, 0.5) is 0 Å². The normalized spacial score (nSPS) is 12.1. The fourth-order valence-electron chi connectivity index (χ4n) is 5.01. The Kier molecular flexibility index (Phi) is 22.1. The monoisotopic (exact) mass is 603 g/mol. The van der Waals surface area contributed by atoms with E-state index in [4.69, 9.17) is 0 Å². The van der Waals surface area contributed by atoms with E-state index in [2.05, 4.69) is 45.3 Å². The molecule has 218 valence electrons. The van der Waals surface area contributed by atoms with Gasteiger partial charge in [0.05, 0.1) is 26.4 Å². The molecule has 37 heavy (non-hydrogen) atoms. The first kappa shape index (κ1) is 36.6. The lowest BCUT2D eigenvalue weighted by molar-refractivity contribution is -0.903. The molecule has 0 saturated heterocycles. The van der Waals surface area contributed by atoms with Crippen LogP contribution in [-0.4, -0.2) is 57.2 Å². The van der Waals surface area contributed by atoms with Gasteiger partial charge in [0.2, 0.25) is 10.0 Å². The molecule has 4 nitrogen and oxygen atoms in total. The van der Waals surface area contributed by atoms with Gasteiger partial charge in [-0.2, -0.15) is 0 Å². The molecule has 1 aromatic carbocycles. The molecule has 0 radical (unpaired) electrons. The van der Waals surface area contributed by atoms with Crippen molar-refractivity contribution < 1.29 is 12.9 Å². The van der Waals surface area contributed by atoms with Crippen LogP contribution in [0.25, 0.3) is 0 Å². The summed E-state index contributed by atoms with van der Waals surface area (Å²) in [7, 11) is 3.06. The van der Waals surface area contributed by atoms with Crippen molar-refractivity contribution in [3.63, 3.8) is 0 Å². The Morgan fingerprint density at radius 1 is 0.676 bits per heavy atom. The van der Waals surface area contributed by atoms with E-state index in [0.717, 1.165) is 36.8 Å². The second-order valence-corrected chi connectivity index (χ2v) is 13.8. The van der Waals surface area contributed by atoms with E-state index in [1.165, 1.54) is 95.5 Å². The minimum absolute atomic E-state index is 0. The maximum atomic E-state index is 12.6. The molecule has 1 aromatic rings.